The van der Waals surface area contributed by atoms with Crippen LogP contribution in [0.2, 0.25) is 0 Å². The van der Waals surface area contributed by atoms with Crippen LogP contribution in [0.1, 0.15) is 29.1 Å². The second-order valence-electron chi connectivity index (χ2n) is 5.62. The van der Waals surface area contributed by atoms with Crippen LogP contribution in [0.15, 0.2) is 65.8 Å². The minimum Gasteiger partial charge on any atom is -0.302 e. The van der Waals surface area contributed by atoms with Gasteiger partial charge < -0.3 is 4.57 Å². The van der Waals surface area contributed by atoms with Crippen molar-refractivity contribution in [3.8, 4) is 0 Å². The lowest BCUT2D eigenvalue weighted by atomic mass is 10.1. The lowest BCUT2D eigenvalue weighted by molar-refractivity contribution is -0.116. The number of carbonyl (C=O) groups excluding carboxylic acids is 1. The molecule has 0 aliphatic carbocycles. The summed E-state index contributed by atoms with van der Waals surface area (Å²) >= 11 is 1.46. The number of ketones is 1. The Labute approximate surface area is 145 Å². The van der Waals surface area contributed by atoms with Gasteiger partial charge in [-0.05, 0) is 25.0 Å². The molecule has 0 aliphatic rings. The molecular formula is C19H19N3OS. The van der Waals surface area contributed by atoms with Gasteiger partial charge in [0.1, 0.15) is 11.6 Å². The number of aryl methyl sites for hydroxylation is 1. The molecule has 2 aromatic carbocycles. The molecule has 0 radical (unpaired) electrons. The van der Waals surface area contributed by atoms with Crippen molar-refractivity contribution in [2.75, 3.05) is 0 Å². The molecule has 3 aromatic rings. The van der Waals surface area contributed by atoms with Gasteiger partial charge in [0.25, 0.3) is 0 Å². The van der Waals surface area contributed by atoms with Crippen molar-refractivity contribution < 1.29 is 4.79 Å². The van der Waals surface area contributed by atoms with Crippen molar-refractivity contribution in [3.05, 3.63) is 77.6 Å². The van der Waals surface area contributed by atoms with E-state index in [4.69, 9.17) is 0 Å². The van der Waals surface area contributed by atoms with Crippen molar-refractivity contribution in [1.82, 2.24) is 14.8 Å². The van der Waals surface area contributed by atoms with E-state index < -0.39 is 0 Å². The molecule has 0 bridgehead atoms. The average Bonchev–Trinajstić information content (AvgIpc) is 2.94. The number of hydrogen-bond donors (Lipinski definition) is 0. The molecule has 4 nitrogen and oxygen atoms in total. The summed E-state index contributed by atoms with van der Waals surface area (Å²) in [6.07, 6.45) is 0. The first-order chi connectivity index (χ1) is 11.6. The Hall–Kier alpha value is -2.40. The fourth-order valence-electron chi connectivity index (χ4n) is 2.52. The van der Waals surface area contributed by atoms with Gasteiger partial charge in [-0.25, -0.2) is 0 Å². The van der Waals surface area contributed by atoms with Crippen LogP contribution in [0.4, 0.5) is 0 Å². The Kier molecular flexibility index (Phi) is 5.11. The van der Waals surface area contributed by atoms with Crippen molar-refractivity contribution in [2.24, 2.45) is 0 Å². The van der Waals surface area contributed by atoms with Gasteiger partial charge in [-0.15, -0.1) is 10.2 Å². The summed E-state index contributed by atoms with van der Waals surface area (Å²) in [7, 11) is 0. The molecule has 0 spiro atoms. The zero-order valence-corrected chi connectivity index (χ0v) is 14.5. The van der Waals surface area contributed by atoms with Crippen molar-refractivity contribution in [1.29, 1.82) is 0 Å². The summed E-state index contributed by atoms with van der Waals surface area (Å²) in [6.45, 7) is 4.25. The highest BCUT2D eigenvalue weighted by atomic mass is 32.2. The predicted molar refractivity (Wildman–Crippen MR) is 96.0 cm³/mol. The Balaban J connectivity index is 1.88. The van der Waals surface area contributed by atoms with Gasteiger partial charge >= 0.3 is 0 Å². The second kappa shape index (κ2) is 7.45. The topological polar surface area (TPSA) is 47.8 Å². The lowest BCUT2D eigenvalue weighted by Gasteiger charge is -2.15. The summed E-state index contributed by atoms with van der Waals surface area (Å²) in [5.74, 6) is 0.954. The quantitative estimate of drug-likeness (QED) is 0.637. The summed E-state index contributed by atoms with van der Waals surface area (Å²) in [6, 6.07) is 20.0. The molecule has 0 unspecified atom stereocenters. The SMILES string of the molecule is CC(=O)[C@H](Sc1nnc(C)n1Cc1ccccc1)c1ccccc1. The maximum atomic E-state index is 12.1. The van der Waals surface area contributed by atoms with Gasteiger partial charge in [-0.1, -0.05) is 72.4 Å². The molecule has 0 N–H and O–H groups in total. The summed E-state index contributed by atoms with van der Waals surface area (Å²) in [4.78, 5) is 12.1. The van der Waals surface area contributed by atoms with Crippen molar-refractivity contribution in [2.45, 2.75) is 30.8 Å². The smallest absolute Gasteiger partial charge is 0.192 e. The molecule has 122 valence electrons. The van der Waals surface area contributed by atoms with E-state index in [0.717, 1.165) is 16.5 Å². The molecule has 0 fully saturated rings. The Morgan fingerprint density at radius 3 is 2.29 bits per heavy atom. The second-order valence-corrected chi connectivity index (χ2v) is 6.69. The number of carbonyl (C=O) groups is 1. The number of thioether (sulfide) groups is 1. The van der Waals surface area contributed by atoms with E-state index >= 15 is 0 Å². The fraction of sp³-hybridized carbons (Fsp3) is 0.211. The maximum absolute atomic E-state index is 12.1. The van der Waals surface area contributed by atoms with Crippen LogP contribution >= 0.6 is 11.8 Å². The van der Waals surface area contributed by atoms with Crippen molar-refractivity contribution in [3.63, 3.8) is 0 Å². The van der Waals surface area contributed by atoms with E-state index in [2.05, 4.69) is 26.9 Å². The molecule has 24 heavy (non-hydrogen) atoms. The van der Waals surface area contributed by atoms with E-state index in [1.165, 1.54) is 17.3 Å². The third-order valence-electron chi connectivity index (χ3n) is 3.78. The van der Waals surface area contributed by atoms with Crippen LogP contribution in [0.3, 0.4) is 0 Å². The molecule has 0 amide bonds. The fourth-order valence-corrected chi connectivity index (χ4v) is 3.60. The Morgan fingerprint density at radius 1 is 1.04 bits per heavy atom. The average molecular weight is 337 g/mol. The van der Waals surface area contributed by atoms with Crippen LogP contribution in [0.25, 0.3) is 0 Å². The summed E-state index contributed by atoms with van der Waals surface area (Å²) < 4.78 is 2.05. The van der Waals surface area contributed by atoms with Crippen LogP contribution in [-0.2, 0) is 11.3 Å². The van der Waals surface area contributed by atoms with Gasteiger partial charge in [-0.3, -0.25) is 4.79 Å². The number of rotatable bonds is 6. The number of benzene rings is 2. The third kappa shape index (κ3) is 3.74. The Morgan fingerprint density at radius 2 is 1.67 bits per heavy atom. The number of aromatic nitrogens is 3. The highest BCUT2D eigenvalue weighted by Gasteiger charge is 2.22. The van der Waals surface area contributed by atoms with E-state index in [-0.39, 0.29) is 11.0 Å². The predicted octanol–water partition coefficient (Wildman–Crippen LogP) is 4.06. The number of Topliss-reactive ketones (excluding diaryl/α,β-unsaturated/α-hetero) is 1. The molecule has 0 saturated carbocycles. The van der Waals surface area contributed by atoms with E-state index in [0.29, 0.717) is 6.54 Å². The van der Waals surface area contributed by atoms with Gasteiger partial charge in [0, 0.05) is 0 Å². The Bertz CT molecular complexity index is 815. The van der Waals surface area contributed by atoms with Gasteiger partial charge in [0.15, 0.2) is 5.16 Å². The molecule has 1 heterocycles. The summed E-state index contributed by atoms with van der Waals surface area (Å²) in [5, 5.41) is 8.97. The maximum Gasteiger partial charge on any atom is 0.192 e. The van der Waals surface area contributed by atoms with E-state index in [1.807, 2.05) is 55.5 Å². The highest BCUT2D eigenvalue weighted by Crippen LogP contribution is 2.35. The molecule has 1 aromatic heterocycles. The first kappa shape index (κ1) is 16.5. The molecule has 0 saturated heterocycles. The minimum atomic E-state index is -0.274. The number of hydrogen-bond acceptors (Lipinski definition) is 4. The lowest BCUT2D eigenvalue weighted by Crippen LogP contribution is -2.09. The zero-order valence-electron chi connectivity index (χ0n) is 13.7. The summed E-state index contributed by atoms with van der Waals surface area (Å²) in [5.41, 5.74) is 2.17. The van der Waals surface area contributed by atoms with E-state index in [1.54, 1.807) is 6.92 Å². The first-order valence-electron chi connectivity index (χ1n) is 7.81. The molecular weight excluding hydrogens is 318 g/mol. The molecule has 5 heteroatoms. The van der Waals surface area contributed by atoms with Crippen LogP contribution in [0, 0.1) is 6.92 Å². The van der Waals surface area contributed by atoms with Gasteiger partial charge in [0.05, 0.1) is 11.8 Å². The first-order valence-corrected chi connectivity index (χ1v) is 8.69. The normalized spacial score (nSPS) is 12.1. The van der Waals surface area contributed by atoms with Crippen LogP contribution in [-0.4, -0.2) is 20.5 Å². The third-order valence-corrected chi connectivity index (χ3v) is 5.13. The van der Waals surface area contributed by atoms with Crippen LogP contribution < -0.4 is 0 Å². The van der Waals surface area contributed by atoms with Crippen molar-refractivity contribution >= 4 is 17.5 Å². The molecule has 0 aliphatic heterocycles. The van der Waals surface area contributed by atoms with Gasteiger partial charge in [0.2, 0.25) is 0 Å². The molecule has 1 atom stereocenters. The minimum absolute atomic E-state index is 0.109. The highest BCUT2D eigenvalue weighted by molar-refractivity contribution is 8.00. The monoisotopic (exact) mass is 337 g/mol. The standard InChI is InChI=1S/C19H19N3OS/c1-14(23)18(17-11-7-4-8-12-17)24-19-21-20-15(2)22(19)13-16-9-5-3-6-10-16/h3-12,18H,13H2,1-2H3/t18-/m0/s1. The molecule has 3 rings (SSSR count). The zero-order chi connectivity index (χ0) is 16.9. The van der Waals surface area contributed by atoms with Crippen LogP contribution in [0.5, 0.6) is 0 Å². The van der Waals surface area contributed by atoms with Gasteiger partial charge in [-0.2, -0.15) is 0 Å². The largest absolute Gasteiger partial charge is 0.302 e. The van der Waals surface area contributed by atoms with E-state index in [9.17, 15) is 4.79 Å². The number of nitrogens with zero attached hydrogens (tertiary/aromatic N) is 3.